The molecule has 1 fully saturated rings. The molecule has 1 amide bonds. The van der Waals surface area contributed by atoms with Gasteiger partial charge in [0.25, 0.3) is 5.91 Å². The van der Waals surface area contributed by atoms with Gasteiger partial charge in [-0.05, 0) is 33.6 Å². The lowest BCUT2D eigenvalue weighted by Gasteiger charge is -2.23. The smallest absolute Gasteiger partial charge is 0.254 e. The molecule has 5 heteroatoms. The third kappa shape index (κ3) is 3.64. The molecule has 0 radical (unpaired) electrons. The Labute approximate surface area is 127 Å². The van der Waals surface area contributed by atoms with Crippen molar-refractivity contribution in [1.82, 2.24) is 9.78 Å². The molecule has 0 saturated carbocycles. The monoisotopic (exact) mass is 293 g/mol. The first-order valence-electron chi connectivity index (χ1n) is 7.62. The summed E-state index contributed by atoms with van der Waals surface area (Å²) in [4.78, 5) is 12.3. The first-order valence-corrected chi connectivity index (χ1v) is 7.62. The van der Waals surface area contributed by atoms with E-state index in [0.717, 1.165) is 24.4 Å². The Morgan fingerprint density at radius 1 is 1.33 bits per heavy atom. The fourth-order valence-electron chi connectivity index (χ4n) is 2.34. The lowest BCUT2D eigenvalue weighted by Crippen LogP contribution is -2.31. The molecule has 118 valence electrons. The summed E-state index contributed by atoms with van der Waals surface area (Å²) in [6, 6.07) is 1.97. The molecule has 1 aliphatic heterocycles. The van der Waals surface area contributed by atoms with Gasteiger partial charge in [0.05, 0.1) is 11.2 Å². The van der Waals surface area contributed by atoms with Crippen molar-refractivity contribution in [1.29, 1.82) is 0 Å². The first-order chi connectivity index (χ1) is 9.59. The number of nitrogens with one attached hydrogen (secondary N) is 1. The van der Waals surface area contributed by atoms with Gasteiger partial charge in [0.15, 0.2) is 0 Å². The van der Waals surface area contributed by atoms with E-state index in [1.165, 1.54) is 0 Å². The number of carbonyl (C=O) groups excluding carboxylic acids is 1. The Bertz CT molecular complexity index is 515. The van der Waals surface area contributed by atoms with Crippen molar-refractivity contribution in [2.45, 2.75) is 71.4 Å². The number of aromatic nitrogens is 2. The molecule has 0 unspecified atom stereocenters. The number of ether oxygens (including phenoxy) is 1. The standard InChI is InChI=1S/C16H27N3O2/c1-15(2,3)12-10-13(19(18-12)16(4,5)6)17-14(20)11-8-7-9-21-11/h10-11H,7-9H2,1-6H3,(H,17,20)/t11-/m0/s1. The summed E-state index contributed by atoms with van der Waals surface area (Å²) in [5.74, 6) is 0.672. The molecule has 1 aromatic heterocycles. The van der Waals surface area contributed by atoms with Crippen LogP contribution < -0.4 is 5.32 Å². The maximum absolute atomic E-state index is 12.3. The minimum absolute atomic E-state index is 0.0557. The summed E-state index contributed by atoms with van der Waals surface area (Å²) in [7, 11) is 0. The molecule has 5 nitrogen and oxygen atoms in total. The summed E-state index contributed by atoms with van der Waals surface area (Å²) >= 11 is 0. The Balaban J connectivity index is 2.28. The maximum Gasteiger partial charge on any atom is 0.254 e. The Hall–Kier alpha value is -1.36. The van der Waals surface area contributed by atoms with Crippen molar-refractivity contribution in [2.24, 2.45) is 0 Å². The number of anilines is 1. The first kappa shape index (κ1) is 16.0. The van der Waals surface area contributed by atoms with Gasteiger partial charge in [-0.3, -0.25) is 4.79 Å². The van der Waals surface area contributed by atoms with Crippen molar-refractivity contribution in [3.63, 3.8) is 0 Å². The molecular weight excluding hydrogens is 266 g/mol. The molecule has 21 heavy (non-hydrogen) atoms. The van der Waals surface area contributed by atoms with Crippen molar-refractivity contribution in [3.05, 3.63) is 11.8 Å². The second-order valence-electron chi connectivity index (χ2n) is 7.74. The van der Waals surface area contributed by atoms with Gasteiger partial charge in [-0.1, -0.05) is 20.8 Å². The fraction of sp³-hybridized carbons (Fsp3) is 0.750. The molecule has 1 aliphatic rings. The van der Waals surface area contributed by atoms with E-state index in [0.29, 0.717) is 6.61 Å². The summed E-state index contributed by atoms with van der Waals surface area (Å²) in [6.07, 6.45) is 1.41. The van der Waals surface area contributed by atoms with Crippen molar-refractivity contribution < 1.29 is 9.53 Å². The van der Waals surface area contributed by atoms with Crippen molar-refractivity contribution >= 4 is 11.7 Å². The van der Waals surface area contributed by atoms with E-state index in [4.69, 9.17) is 9.84 Å². The predicted octanol–water partition coefficient (Wildman–Crippen LogP) is 3.05. The molecule has 2 rings (SSSR count). The van der Waals surface area contributed by atoms with Gasteiger partial charge in [0, 0.05) is 18.1 Å². The Kier molecular flexibility index (Phi) is 4.15. The maximum atomic E-state index is 12.3. The van der Waals surface area contributed by atoms with Gasteiger partial charge < -0.3 is 10.1 Å². The van der Waals surface area contributed by atoms with Gasteiger partial charge in [-0.15, -0.1) is 0 Å². The number of amides is 1. The fourth-order valence-corrected chi connectivity index (χ4v) is 2.34. The van der Waals surface area contributed by atoms with Crippen LogP contribution in [-0.4, -0.2) is 28.4 Å². The third-order valence-corrected chi connectivity index (χ3v) is 3.59. The van der Waals surface area contributed by atoms with Crippen LogP contribution in [0.4, 0.5) is 5.82 Å². The van der Waals surface area contributed by atoms with Gasteiger partial charge in [-0.2, -0.15) is 5.10 Å². The molecule has 0 spiro atoms. The molecule has 0 aromatic carbocycles. The quantitative estimate of drug-likeness (QED) is 0.911. The van der Waals surface area contributed by atoms with Crippen LogP contribution in [-0.2, 0) is 20.5 Å². The third-order valence-electron chi connectivity index (χ3n) is 3.59. The highest BCUT2D eigenvalue weighted by molar-refractivity contribution is 5.93. The second kappa shape index (κ2) is 5.44. The Morgan fingerprint density at radius 2 is 2.00 bits per heavy atom. The SMILES string of the molecule is CC(C)(C)c1cc(NC(=O)[C@@H]2CCCO2)n(C(C)(C)C)n1. The highest BCUT2D eigenvalue weighted by Gasteiger charge is 2.28. The molecule has 1 aromatic rings. The number of carbonyl (C=O) groups is 1. The van der Waals surface area contributed by atoms with Crippen LogP contribution in [0, 0.1) is 0 Å². The highest BCUT2D eigenvalue weighted by Crippen LogP contribution is 2.28. The van der Waals surface area contributed by atoms with E-state index in [9.17, 15) is 4.79 Å². The minimum Gasteiger partial charge on any atom is -0.368 e. The zero-order valence-electron chi connectivity index (χ0n) is 14.0. The van der Waals surface area contributed by atoms with Crippen LogP contribution in [0.15, 0.2) is 6.07 Å². The summed E-state index contributed by atoms with van der Waals surface area (Å²) in [5, 5.41) is 7.68. The molecular formula is C16H27N3O2. The van der Waals surface area contributed by atoms with Crippen molar-refractivity contribution in [2.75, 3.05) is 11.9 Å². The van der Waals surface area contributed by atoms with E-state index in [1.54, 1.807) is 0 Å². The molecule has 1 atom stereocenters. The van der Waals surface area contributed by atoms with Crippen LogP contribution in [0.2, 0.25) is 0 Å². The number of nitrogens with zero attached hydrogens (tertiary/aromatic N) is 2. The van der Waals surface area contributed by atoms with E-state index >= 15 is 0 Å². The van der Waals surface area contributed by atoms with Gasteiger partial charge in [-0.25, -0.2) is 4.68 Å². The predicted molar refractivity (Wildman–Crippen MR) is 83.5 cm³/mol. The molecule has 2 heterocycles. The van der Waals surface area contributed by atoms with E-state index < -0.39 is 0 Å². The van der Waals surface area contributed by atoms with Gasteiger partial charge in [0.1, 0.15) is 11.9 Å². The normalized spacial score (nSPS) is 19.8. The van der Waals surface area contributed by atoms with Crippen LogP contribution in [0.5, 0.6) is 0 Å². The molecule has 0 aliphatic carbocycles. The van der Waals surface area contributed by atoms with Crippen LogP contribution in [0.25, 0.3) is 0 Å². The molecule has 1 saturated heterocycles. The number of hydrogen-bond donors (Lipinski definition) is 1. The van der Waals surface area contributed by atoms with Gasteiger partial charge in [0.2, 0.25) is 0 Å². The summed E-state index contributed by atoms with van der Waals surface area (Å²) in [5.41, 5.74) is 0.725. The average molecular weight is 293 g/mol. The van der Waals surface area contributed by atoms with Crippen LogP contribution >= 0.6 is 0 Å². The van der Waals surface area contributed by atoms with Crippen molar-refractivity contribution in [3.8, 4) is 0 Å². The average Bonchev–Trinajstić information content (AvgIpc) is 2.94. The Morgan fingerprint density at radius 3 is 2.48 bits per heavy atom. The van der Waals surface area contributed by atoms with Crippen LogP contribution in [0.3, 0.4) is 0 Å². The number of hydrogen-bond acceptors (Lipinski definition) is 3. The number of rotatable bonds is 2. The van der Waals surface area contributed by atoms with E-state index in [-0.39, 0.29) is 23.0 Å². The lowest BCUT2D eigenvalue weighted by atomic mass is 9.92. The van der Waals surface area contributed by atoms with Crippen LogP contribution in [0.1, 0.15) is 60.1 Å². The largest absolute Gasteiger partial charge is 0.368 e. The second-order valence-corrected chi connectivity index (χ2v) is 7.74. The molecule has 0 bridgehead atoms. The zero-order valence-corrected chi connectivity index (χ0v) is 14.0. The topological polar surface area (TPSA) is 56.1 Å². The molecule has 1 N–H and O–H groups in total. The minimum atomic E-state index is -0.327. The summed E-state index contributed by atoms with van der Waals surface area (Å²) < 4.78 is 7.33. The lowest BCUT2D eigenvalue weighted by molar-refractivity contribution is -0.124. The van der Waals surface area contributed by atoms with Gasteiger partial charge >= 0.3 is 0 Å². The van der Waals surface area contributed by atoms with E-state index in [2.05, 4.69) is 46.9 Å². The highest BCUT2D eigenvalue weighted by atomic mass is 16.5. The zero-order chi connectivity index (χ0) is 15.8. The summed E-state index contributed by atoms with van der Waals surface area (Å²) in [6.45, 7) is 13.3. The van der Waals surface area contributed by atoms with E-state index in [1.807, 2.05) is 10.7 Å².